The zero-order chi connectivity index (χ0) is 15.4. The lowest BCUT2D eigenvalue weighted by molar-refractivity contribution is -0.145. The molecule has 1 heterocycles. The Hall–Kier alpha value is -2.34. The van der Waals surface area contributed by atoms with Gasteiger partial charge in [-0.05, 0) is 38.2 Å². The summed E-state index contributed by atoms with van der Waals surface area (Å²) < 4.78 is 4.99. The van der Waals surface area contributed by atoms with Crippen molar-refractivity contribution < 1.29 is 19.4 Å². The lowest BCUT2D eigenvalue weighted by atomic mass is 10.1. The van der Waals surface area contributed by atoms with E-state index in [1.54, 1.807) is 12.1 Å². The van der Waals surface area contributed by atoms with E-state index in [4.69, 9.17) is 9.84 Å². The number of benzene rings is 1. The molecule has 0 saturated carbocycles. The predicted molar refractivity (Wildman–Crippen MR) is 78.4 cm³/mol. The first-order valence-electron chi connectivity index (χ1n) is 6.63. The van der Waals surface area contributed by atoms with Crippen LogP contribution >= 0.6 is 0 Å². The van der Waals surface area contributed by atoms with Gasteiger partial charge in [0.2, 0.25) is 0 Å². The largest absolute Gasteiger partial charge is 0.481 e. The van der Waals surface area contributed by atoms with Crippen molar-refractivity contribution in [2.75, 3.05) is 20.6 Å². The summed E-state index contributed by atoms with van der Waals surface area (Å²) in [6.45, 7) is 0.947. The number of nitrogens with zero attached hydrogens (tertiary/aromatic N) is 1. The van der Waals surface area contributed by atoms with Gasteiger partial charge in [0.15, 0.2) is 0 Å². The topological polar surface area (TPSA) is 82.6 Å². The van der Waals surface area contributed by atoms with Crippen LogP contribution in [0.2, 0.25) is 0 Å². The number of carboxylic acids is 1. The first-order chi connectivity index (χ1) is 9.95. The minimum absolute atomic E-state index is 0.342. The maximum absolute atomic E-state index is 11.3. The van der Waals surface area contributed by atoms with Crippen molar-refractivity contribution in [3.8, 4) is 5.75 Å². The zero-order valence-electron chi connectivity index (χ0n) is 12.0. The number of aliphatic carboxylic acids is 1. The summed E-state index contributed by atoms with van der Waals surface area (Å²) in [5, 5.41) is 9.61. The van der Waals surface area contributed by atoms with Crippen molar-refractivity contribution in [3.05, 3.63) is 30.0 Å². The number of rotatable bonds is 6. The lowest BCUT2D eigenvalue weighted by Gasteiger charge is -2.08. The van der Waals surface area contributed by atoms with Crippen LogP contribution in [0.15, 0.2) is 24.4 Å². The molecule has 0 atom stereocenters. The molecule has 2 aromatic rings. The number of carbonyl (C=O) groups is 2. The van der Waals surface area contributed by atoms with Crippen LogP contribution in [0.3, 0.4) is 0 Å². The van der Waals surface area contributed by atoms with Crippen molar-refractivity contribution in [2.24, 2.45) is 0 Å². The third kappa shape index (κ3) is 4.06. The molecule has 0 unspecified atom stereocenters. The summed E-state index contributed by atoms with van der Waals surface area (Å²) >= 11 is 0. The van der Waals surface area contributed by atoms with E-state index < -0.39 is 18.4 Å². The molecule has 0 aliphatic rings. The minimum atomic E-state index is -1.20. The Bertz CT molecular complexity index is 661. The molecule has 6 heteroatoms. The molecule has 2 N–H and O–H groups in total. The maximum atomic E-state index is 11.3. The molecule has 0 radical (unpaired) electrons. The highest BCUT2D eigenvalue weighted by atomic mass is 16.5. The molecule has 0 fully saturated rings. The van der Waals surface area contributed by atoms with Gasteiger partial charge in [0.1, 0.15) is 12.2 Å². The number of nitrogens with one attached hydrogen (secondary N) is 1. The van der Waals surface area contributed by atoms with Gasteiger partial charge in [0.25, 0.3) is 0 Å². The van der Waals surface area contributed by atoms with Gasteiger partial charge in [-0.2, -0.15) is 0 Å². The van der Waals surface area contributed by atoms with Crippen molar-refractivity contribution in [2.45, 2.75) is 12.8 Å². The van der Waals surface area contributed by atoms with Gasteiger partial charge in [-0.25, -0.2) is 0 Å². The number of carboxylic acid groups (broad SMARTS) is 1. The highest BCUT2D eigenvalue weighted by molar-refractivity contribution is 5.92. The van der Waals surface area contributed by atoms with E-state index in [1.165, 1.54) is 5.56 Å². The smallest absolute Gasteiger partial charge is 0.322 e. The van der Waals surface area contributed by atoms with E-state index >= 15 is 0 Å². The van der Waals surface area contributed by atoms with Gasteiger partial charge in [-0.3, -0.25) is 9.59 Å². The van der Waals surface area contributed by atoms with Gasteiger partial charge in [-0.15, -0.1) is 0 Å². The molecular formula is C15H18N2O4. The molecule has 21 heavy (non-hydrogen) atoms. The molecule has 112 valence electrons. The Labute approximate surface area is 122 Å². The second-order valence-electron chi connectivity index (χ2n) is 5.12. The van der Waals surface area contributed by atoms with Crippen molar-refractivity contribution in [3.63, 3.8) is 0 Å². The Kier molecular flexibility index (Phi) is 4.59. The molecule has 1 aromatic heterocycles. The highest BCUT2D eigenvalue weighted by Crippen LogP contribution is 2.24. The molecule has 6 nitrogen and oxygen atoms in total. The van der Waals surface area contributed by atoms with E-state index in [2.05, 4.69) is 9.88 Å². The molecule has 2 rings (SSSR count). The van der Waals surface area contributed by atoms with Gasteiger partial charge >= 0.3 is 11.9 Å². The first kappa shape index (κ1) is 15.1. The third-order valence-electron chi connectivity index (χ3n) is 3.09. The van der Waals surface area contributed by atoms with Crippen LogP contribution in [0.5, 0.6) is 5.75 Å². The molecule has 1 aromatic carbocycles. The molecule has 0 spiro atoms. The summed E-state index contributed by atoms with van der Waals surface area (Å²) in [6, 6.07) is 5.25. The summed E-state index contributed by atoms with van der Waals surface area (Å²) in [5.74, 6) is -1.64. The van der Waals surface area contributed by atoms with E-state index in [-0.39, 0.29) is 0 Å². The number of hydrogen-bond acceptors (Lipinski definition) is 4. The highest BCUT2D eigenvalue weighted by Gasteiger charge is 2.11. The fourth-order valence-electron chi connectivity index (χ4n) is 2.07. The van der Waals surface area contributed by atoms with Crippen molar-refractivity contribution in [1.82, 2.24) is 9.88 Å². The standard InChI is InChI=1S/C15H18N2O4/c1-17(2)6-5-10-9-16-13-7-11(3-4-12(10)13)21-15(20)8-14(18)19/h3-4,7,9,16H,5-6,8H2,1-2H3,(H,18,19). The normalized spacial score (nSPS) is 11.0. The maximum Gasteiger partial charge on any atom is 0.322 e. The summed E-state index contributed by atoms with van der Waals surface area (Å²) in [7, 11) is 4.05. The lowest BCUT2D eigenvalue weighted by Crippen LogP contribution is -2.14. The Balaban J connectivity index is 2.12. The van der Waals surface area contributed by atoms with E-state index in [9.17, 15) is 9.59 Å². The predicted octanol–water partition coefficient (Wildman–Crippen LogP) is 1.65. The van der Waals surface area contributed by atoms with Crippen molar-refractivity contribution >= 4 is 22.8 Å². The fourth-order valence-corrected chi connectivity index (χ4v) is 2.07. The van der Waals surface area contributed by atoms with Crippen molar-refractivity contribution in [1.29, 1.82) is 0 Å². The molecule has 0 aliphatic heterocycles. The van der Waals surface area contributed by atoms with Crippen LogP contribution in [-0.4, -0.2) is 47.6 Å². The van der Waals surface area contributed by atoms with Crippen LogP contribution in [0.25, 0.3) is 10.9 Å². The van der Waals surface area contributed by atoms with Crippen LogP contribution in [-0.2, 0) is 16.0 Å². The van der Waals surface area contributed by atoms with Crippen LogP contribution in [0.4, 0.5) is 0 Å². The third-order valence-corrected chi connectivity index (χ3v) is 3.09. The van der Waals surface area contributed by atoms with Crippen LogP contribution in [0.1, 0.15) is 12.0 Å². The minimum Gasteiger partial charge on any atom is -0.481 e. The fraction of sp³-hybridized carbons (Fsp3) is 0.333. The molecule has 0 bridgehead atoms. The Morgan fingerprint density at radius 1 is 1.33 bits per heavy atom. The number of H-pyrrole nitrogens is 1. The molecule has 0 saturated heterocycles. The zero-order valence-corrected chi connectivity index (χ0v) is 12.0. The van der Waals surface area contributed by atoms with Crippen LogP contribution < -0.4 is 4.74 Å². The van der Waals surface area contributed by atoms with Crippen LogP contribution in [0, 0.1) is 0 Å². The SMILES string of the molecule is CN(C)CCc1c[nH]c2cc(OC(=O)CC(=O)O)ccc12. The summed E-state index contributed by atoms with van der Waals surface area (Å²) in [5.41, 5.74) is 2.06. The van der Waals surface area contributed by atoms with Gasteiger partial charge in [0.05, 0.1) is 0 Å². The first-order valence-corrected chi connectivity index (χ1v) is 6.63. The number of ether oxygens (including phenoxy) is 1. The number of hydrogen-bond donors (Lipinski definition) is 2. The number of aromatic nitrogens is 1. The summed E-state index contributed by atoms with van der Waals surface area (Å²) in [4.78, 5) is 27.0. The number of aromatic amines is 1. The average Bonchev–Trinajstić information content (AvgIpc) is 2.77. The van der Waals surface area contributed by atoms with Gasteiger partial charge < -0.3 is 19.7 Å². The molecular weight excluding hydrogens is 272 g/mol. The number of esters is 1. The van der Waals surface area contributed by atoms with Gasteiger partial charge in [0, 0.05) is 29.7 Å². The van der Waals surface area contributed by atoms with Gasteiger partial charge in [-0.1, -0.05) is 0 Å². The Morgan fingerprint density at radius 3 is 2.76 bits per heavy atom. The second-order valence-corrected chi connectivity index (χ2v) is 5.12. The van der Waals surface area contributed by atoms with E-state index in [0.29, 0.717) is 5.75 Å². The number of fused-ring (bicyclic) bond motifs is 1. The molecule has 0 aliphatic carbocycles. The summed E-state index contributed by atoms with van der Waals surface area (Å²) in [6.07, 6.45) is 2.22. The quantitative estimate of drug-likeness (QED) is 0.480. The molecule has 0 amide bonds. The Morgan fingerprint density at radius 2 is 2.10 bits per heavy atom. The number of likely N-dealkylation sites (N-methyl/N-ethyl adjacent to an activating group) is 1. The monoisotopic (exact) mass is 290 g/mol. The van der Waals surface area contributed by atoms with E-state index in [1.807, 2.05) is 26.4 Å². The number of carbonyl (C=O) groups excluding carboxylic acids is 1. The average molecular weight is 290 g/mol. The van der Waals surface area contributed by atoms with E-state index in [0.717, 1.165) is 23.9 Å². The second kappa shape index (κ2) is 6.41.